The van der Waals surface area contributed by atoms with E-state index in [-0.39, 0.29) is 28.7 Å². The van der Waals surface area contributed by atoms with Crippen LogP contribution in [0.3, 0.4) is 0 Å². The lowest BCUT2D eigenvalue weighted by atomic mass is 10.2. The second-order valence-corrected chi connectivity index (χ2v) is 6.84. The van der Waals surface area contributed by atoms with Crippen LogP contribution in [-0.2, 0) is 13.1 Å². The molecule has 0 aliphatic carbocycles. The van der Waals surface area contributed by atoms with E-state index in [2.05, 4.69) is 19.9 Å². The fourth-order valence-corrected chi connectivity index (χ4v) is 3.42. The van der Waals surface area contributed by atoms with E-state index in [1.807, 2.05) is 0 Å². The highest BCUT2D eigenvalue weighted by Crippen LogP contribution is 2.25. The van der Waals surface area contributed by atoms with Gasteiger partial charge in [-0.3, -0.25) is 14.3 Å². The number of benzene rings is 1. The van der Waals surface area contributed by atoms with Crippen molar-refractivity contribution in [2.45, 2.75) is 26.9 Å². The summed E-state index contributed by atoms with van der Waals surface area (Å²) in [6.07, 6.45) is 1.39. The van der Waals surface area contributed by atoms with Gasteiger partial charge in [0.15, 0.2) is 17.0 Å². The smallest absolute Gasteiger partial charge is 0.312 e. The molecule has 0 amide bonds. The quantitative estimate of drug-likeness (QED) is 0.553. The Morgan fingerprint density at radius 2 is 1.86 bits per heavy atom. The Balaban J connectivity index is 2.05. The summed E-state index contributed by atoms with van der Waals surface area (Å²) in [5.41, 5.74) is 1.07. The number of hydrogen-bond donors (Lipinski definition) is 1. The number of aromatic nitrogens is 6. The van der Waals surface area contributed by atoms with Crippen LogP contribution in [0.15, 0.2) is 40.1 Å². The summed E-state index contributed by atoms with van der Waals surface area (Å²) in [6, 6.07) is 5.92. The first-order chi connectivity index (χ1) is 13.9. The molecule has 148 valence electrons. The second-order valence-electron chi connectivity index (χ2n) is 6.45. The number of fused-ring (bicyclic) bond motifs is 1. The largest absolute Gasteiger partial charge is 0.330 e. The third-order valence-corrected chi connectivity index (χ3v) is 4.77. The molecule has 0 unspecified atom stereocenters. The van der Waals surface area contributed by atoms with Gasteiger partial charge in [0, 0.05) is 13.1 Å². The van der Waals surface area contributed by atoms with E-state index in [0.717, 1.165) is 5.56 Å². The molecule has 3 heterocycles. The number of aryl methyl sites for hydroxylation is 2. The minimum absolute atomic E-state index is 0.223. The van der Waals surface area contributed by atoms with Gasteiger partial charge in [-0.2, -0.15) is 0 Å². The van der Waals surface area contributed by atoms with Crippen molar-refractivity contribution < 1.29 is 4.39 Å². The summed E-state index contributed by atoms with van der Waals surface area (Å²) in [5, 5.41) is 0.232. The molecule has 4 rings (SSSR count). The molecule has 0 aliphatic heterocycles. The zero-order chi connectivity index (χ0) is 20.7. The van der Waals surface area contributed by atoms with Crippen LogP contribution in [0.1, 0.15) is 18.2 Å². The molecule has 0 spiro atoms. The van der Waals surface area contributed by atoms with Crippen molar-refractivity contribution in [3.8, 4) is 11.5 Å². The zero-order valence-corrected chi connectivity index (χ0v) is 16.4. The van der Waals surface area contributed by atoms with E-state index in [0.29, 0.717) is 23.8 Å². The van der Waals surface area contributed by atoms with E-state index >= 15 is 0 Å². The molecule has 0 saturated carbocycles. The molecule has 10 heteroatoms. The highest BCUT2D eigenvalue weighted by atomic mass is 35.5. The van der Waals surface area contributed by atoms with Gasteiger partial charge in [-0.25, -0.2) is 24.1 Å². The Labute approximate surface area is 168 Å². The van der Waals surface area contributed by atoms with Crippen LogP contribution in [0.4, 0.5) is 4.39 Å². The third kappa shape index (κ3) is 3.33. The Bertz CT molecular complexity index is 1340. The lowest BCUT2D eigenvalue weighted by Crippen LogP contribution is -2.30. The van der Waals surface area contributed by atoms with Crippen molar-refractivity contribution in [3.05, 3.63) is 73.5 Å². The van der Waals surface area contributed by atoms with Gasteiger partial charge in [0.25, 0.3) is 5.56 Å². The standard InChI is InChI=1S/C19H16ClFN6O2/c1-3-26-17-15(18(28)25-19(26)29)27(9-11-4-6-12(21)7-5-11)16(24-17)14-10(2)23-13(20)8-22-14/h4-8H,3,9H2,1-2H3,(H,25,28,29). The third-order valence-electron chi connectivity index (χ3n) is 4.58. The van der Waals surface area contributed by atoms with Gasteiger partial charge >= 0.3 is 5.69 Å². The van der Waals surface area contributed by atoms with Crippen LogP contribution in [-0.4, -0.2) is 29.1 Å². The number of imidazole rings is 1. The number of halogens is 2. The van der Waals surface area contributed by atoms with Crippen LogP contribution < -0.4 is 11.2 Å². The molecular weight excluding hydrogens is 399 g/mol. The number of rotatable bonds is 4. The van der Waals surface area contributed by atoms with Gasteiger partial charge in [0.2, 0.25) is 0 Å². The molecular formula is C19H16ClFN6O2. The molecule has 4 aromatic rings. The van der Waals surface area contributed by atoms with Crippen LogP contribution >= 0.6 is 11.6 Å². The van der Waals surface area contributed by atoms with Gasteiger partial charge in [-0.05, 0) is 31.5 Å². The minimum atomic E-state index is -0.560. The van der Waals surface area contributed by atoms with Gasteiger partial charge in [-0.15, -0.1) is 0 Å². The molecule has 0 radical (unpaired) electrons. The summed E-state index contributed by atoms with van der Waals surface area (Å²) in [4.78, 5) is 40.3. The first kappa shape index (κ1) is 19.0. The summed E-state index contributed by atoms with van der Waals surface area (Å²) in [7, 11) is 0. The summed E-state index contributed by atoms with van der Waals surface area (Å²) < 4.78 is 16.3. The monoisotopic (exact) mass is 414 g/mol. The zero-order valence-electron chi connectivity index (χ0n) is 15.6. The van der Waals surface area contributed by atoms with Gasteiger partial charge in [-0.1, -0.05) is 23.7 Å². The number of nitrogens with zero attached hydrogens (tertiary/aromatic N) is 5. The lowest BCUT2D eigenvalue weighted by Gasteiger charge is -2.10. The maximum atomic E-state index is 13.3. The lowest BCUT2D eigenvalue weighted by molar-refractivity contribution is 0.626. The molecule has 0 aliphatic rings. The number of aromatic amines is 1. The molecule has 1 N–H and O–H groups in total. The van der Waals surface area contributed by atoms with Crippen LogP contribution in [0, 0.1) is 12.7 Å². The molecule has 0 atom stereocenters. The van der Waals surface area contributed by atoms with Gasteiger partial charge < -0.3 is 4.57 Å². The highest BCUT2D eigenvalue weighted by Gasteiger charge is 2.22. The predicted octanol–water partition coefficient (Wildman–Crippen LogP) is 2.51. The minimum Gasteiger partial charge on any atom is -0.312 e. The Kier molecular flexibility index (Phi) is 4.75. The molecule has 0 bridgehead atoms. The molecule has 3 aromatic heterocycles. The molecule has 29 heavy (non-hydrogen) atoms. The fraction of sp³-hybridized carbons (Fsp3) is 0.211. The van der Waals surface area contributed by atoms with Crippen molar-refractivity contribution in [1.29, 1.82) is 0 Å². The number of H-pyrrole nitrogens is 1. The SMILES string of the molecule is CCn1c(=O)[nH]c(=O)c2c1nc(-c1ncc(Cl)nc1C)n2Cc1ccc(F)cc1. The average molecular weight is 415 g/mol. The average Bonchev–Trinajstić information content (AvgIpc) is 3.03. The maximum Gasteiger partial charge on any atom is 0.330 e. The Morgan fingerprint density at radius 1 is 1.14 bits per heavy atom. The topological polar surface area (TPSA) is 98.5 Å². The molecule has 1 aromatic carbocycles. The first-order valence-corrected chi connectivity index (χ1v) is 9.24. The van der Waals surface area contributed by atoms with Crippen LogP contribution in [0.5, 0.6) is 0 Å². The summed E-state index contributed by atoms with van der Waals surface area (Å²) in [6.45, 7) is 4.06. The van der Waals surface area contributed by atoms with Crippen molar-refractivity contribution >= 4 is 22.8 Å². The highest BCUT2D eigenvalue weighted by molar-refractivity contribution is 6.29. The van der Waals surface area contributed by atoms with Crippen molar-refractivity contribution in [3.63, 3.8) is 0 Å². The Hall–Kier alpha value is -3.33. The summed E-state index contributed by atoms with van der Waals surface area (Å²) in [5.74, 6) is 0.00540. The number of nitrogens with one attached hydrogen (secondary N) is 1. The van der Waals surface area contributed by atoms with E-state index in [1.165, 1.54) is 22.9 Å². The first-order valence-electron chi connectivity index (χ1n) is 8.86. The fourth-order valence-electron chi connectivity index (χ4n) is 3.25. The van der Waals surface area contributed by atoms with Crippen molar-refractivity contribution in [2.24, 2.45) is 0 Å². The van der Waals surface area contributed by atoms with Crippen molar-refractivity contribution in [1.82, 2.24) is 29.1 Å². The van der Waals surface area contributed by atoms with Crippen LogP contribution in [0.25, 0.3) is 22.7 Å². The van der Waals surface area contributed by atoms with E-state index < -0.39 is 11.2 Å². The second kappa shape index (κ2) is 7.25. The molecule has 0 saturated heterocycles. The van der Waals surface area contributed by atoms with E-state index in [9.17, 15) is 14.0 Å². The normalized spacial score (nSPS) is 11.3. The van der Waals surface area contributed by atoms with Gasteiger partial charge in [0.05, 0.1) is 11.9 Å². The Morgan fingerprint density at radius 3 is 2.52 bits per heavy atom. The van der Waals surface area contributed by atoms with Crippen molar-refractivity contribution in [2.75, 3.05) is 0 Å². The predicted molar refractivity (Wildman–Crippen MR) is 107 cm³/mol. The van der Waals surface area contributed by atoms with E-state index in [1.54, 1.807) is 30.5 Å². The maximum absolute atomic E-state index is 13.3. The number of hydrogen-bond acceptors (Lipinski definition) is 5. The van der Waals surface area contributed by atoms with Crippen LogP contribution in [0.2, 0.25) is 5.15 Å². The van der Waals surface area contributed by atoms with E-state index in [4.69, 9.17) is 11.6 Å². The summed E-state index contributed by atoms with van der Waals surface area (Å²) >= 11 is 5.92. The molecule has 0 fully saturated rings. The molecule has 8 nitrogen and oxygen atoms in total. The van der Waals surface area contributed by atoms with Gasteiger partial charge in [0.1, 0.15) is 16.7 Å².